The number of ether oxygens (including phenoxy) is 1. The molecule has 1 saturated heterocycles. The number of hydrogen-bond donors (Lipinski definition) is 1. The Labute approximate surface area is 159 Å². The zero-order chi connectivity index (χ0) is 20.1. The van der Waals surface area contributed by atoms with E-state index < -0.39 is 33.5 Å². The molecule has 1 aliphatic rings. The molecule has 0 aromatic heterocycles. The lowest BCUT2D eigenvalue weighted by atomic mass is 10.1. The van der Waals surface area contributed by atoms with Crippen molar-refractivity contribution in [1.29, 1.82) is 0 Å². The Kier molecular flexibility index (Phi) is 6.83. The molecule has 1 aromatic rings. The van der Waals surface area contributed by atoms with Gasteiger partial charge in [0.15, 0.2) is 9.84 Å². The van der Waals surface area contributed by atoms with Crippen LogP contribution in [0.4, 0.5) is 4.79 Å². The summed E-state index contributed by atoms with van der Waals surface area (Å²) >= 11 is 0. The standard InChI is InChI=1S/C18H26N2O6S/c1-18(2,3)25-16(21)15(13-14-7-5-4-6-8-14)19-26-17(22)20-9-11-27(23,24)12-10-20/h4-8,15,19H,9-13H2,1-3H3/t15-/m0/s1. The number of benzene rings is 1. The smallest absolute Gasteiger partial charge is 0.428 e. The van der Waals surface area contributed by atoms with Crippen LogP contribution in [-0.2, 0) is 30.6 Å². The predicted octanol–water partition coefficient (Wildman–Crippen LogP) is 1.31. The molecule has 0 saturated carbocycles. The molecule has 0 radical (unpaired) electrons. The molecule has 0 aliphatic carbocycles. The van der Waals surface area contributed by atoms with Crippen LogP contribution >= 0.6 is 0 Å². The van der Waals surface area contributed by atoms with E-state index in [0.717, 1.165) is 5.56 Å². The van der Waals surface area contributed by atoms with Gasteiger partial charge in [-0.3, -0.25) is 4.79 Å². The van der Waals surface area contributed by atoms with Crippen LogP contribution in [0.1, 0.15) is 26.3 Å². The maximum Gasteiger partial charge on any atom is 0.428 e. The number of carbonyl (C=O) groups excluding carboxylic acids is 2. The first kappa shape index (κ1) is 21.2. The fraction of sp³-hybridized carbons (Fsp3) is 0.556. The first-order valence-corrected chi connectivity index (χ1v) is 10.6. The number of hydroxylamine groups is 1. The SMILES string of the molecule is CC(C)(C)OC(=O)[C@H](Cc1ccccc1)NOC(=O)N1CCS(=O)(=O)CC1. The molecule has 0 bridgehead atoms. The number of nitrogens with zero attached hydrogens (tertiary/aromatic N) is 1. The first-order valence-electron chi connectivity index (χ1n) is 8.74. The molecule has 1 atom stereocenters. The monoisotopic (exact) mass is 398 g/mol. The van der Waals surface area contributed by atoms with Gasteiger partial charge in [0, 0.05) is 19.5 Å². The molecule has 2 rings (SSSR count). The summed E-state index contributed by atoms with van der Waals surface area (Å²) in [6.45, 7) is 5.40. The maximum atomic E-state index is 12.5. The van der Waals surface area contributed by atoms with Gasteiger partial charge in [-0.25, -0.2) is 13.2 Å². The summed E-state index contributed by atoms with van der Waals surface area (Å²) in [5, 5.41) is 0. The van der Waals surface area contributed by atoms with Crippen molar-refractivity contribution >= 4 is 21.9 Å². The number of carbonyl (C=O) groups is 2. The van der Waals surface area contributed by atoms with Gasteiger partial charge in [-0.1, -0.05) is 30.3 Å². The van der Waals surface area contributed by atoms with Crippen LogP contribution in [0.15, 0.2) is 30.3 Å². The summed E-state index contributed by atoms with van der Waals surface area (Å²) in [6, 6.07) is 8.39. The van der Waals surface area contributed by atoms with Gasteiger partial charge < -0.3 is 14.5 Å². The van der Waals surface area contributed by atoms with Gasteiger partial charge in [-0.15, -0.1) is 5.48 Å². The number of amides is 1. The fourth-order valence-electron chi connectivity index (χ4n) is 2.48. The van der Waals surface area contributed by atoms with Gasteiger partial charge in [0.2, 0.25) is 0 Å². The highest BCUT2D eigenvalue weighted by Crippen LogP contribution is 2.12. The van der Waals surface area contributed by atoms with Gasteiger partial charge >= 0.3 is 12.1 Å². The van der Waals surface area contributed by atoms with E-state index in [4.69, 9.17) is 9.57 Å². The van der Waals surface area contributed by atoms with E-state index in [1.165, 1.54) is 4.90 Å². The average Bonchev–Trinajstić information content (AvgIpc) is 2.57. The largest absolute Gasteiger partial charge is 0.459 e. The zero-order valence-electron chi connectivity index (χ0n) is 15.8. The summed E-state index contributed by atoms with van der Waals surface area (Å²) < 4.78 is 28.3. The summed E-state index contributed by atoms with van der Waals surface area (Å²) in [5.41, 5.74) is 2.69. The Morgan fingerprint density at radius 1 is 1.15 bits per heavy atom. The number of rotatable bonds is 5. The van der Waals surface area contributed by atoms with E-state index in [2.05, 4.69) is 5.48 Å². The third-order valence-corrected chi connectivity index (χ3v) is 5.47. The molecule has 1 heterocycles. The molecule has 1 amide bonds. The van der Waals surface area contributed by atoms with Crippen LogP contribution < -0.4 is 5.48 Å². The third kappa shape index (κ3) is 7.18. The van der Waals surface area contributed by atoms with Gasteiger partial charge in [0.1, 0.15) is 11.6 Å². The Morgan fingerprint density at radius 2 is 1.74 bits per heavy atom. The van der Waals surface area contributed by atoms with E-state index in [1.54, 1.807) is 20.8 Å². The Bertz CT molecular complexity index is 744. The molecular formula is C18H26N2O6S. The lowest BCUT2D eigenvalue weighted by Crippen LogP contribution is -2.49. The van der Waals surface area contributed by atoms with Crippen LogP contribution in [-0.4, -0.2) is 61.6 Å². The summed E-state index contributed by atoms with van der Waals surface area (Å²) in [4.78, 5) is 31.0. The van der Waals surface area contributed by atoms with Crippen molar-refractivity contribution in [2.75, 3.05) is 24.6 Å². The van der Waals surface area contributed by atoms with Crippen molar-refractivity contribution in [3.05, 3.63) is 35.9 Å². The average molecular weight is 398 g/mol. The number of esters is 1. The van der Waals surface area contributed by atoms with Crippen molar-refractivity contribution in [3.8, 4) is 0 Å². The van der Waals surface area contributed by atoms with Gasteiger partial charge in [-0.05, 0) is 26.3 Å². The van der Waals surface area contributed by atoms with Crippen molar-refractivity contribution in [2.45, 2.75) is 38.8 Å². The molecule has 8 nitrogen and oxygen atoms in total. The topological polar surface area (TPSA) is 102 Å². The number of hydrogen-bond acceptors (Lipinski definition) is 7. The minimum absolute atomic E-state index is 0.0681. The highest BCUT2D eigenvalue weighted by Gasteiger charge is 2.29. The zero-order valence-corrected chi connectivity index (χ0v) is 16.6. The first-order chi connectivity index (χ1) is 12.6. The van der Waals surface area contributed by atoms with Crippen molar-refractivity contribution in [1.82, 2.24) is 10.4 Å². The van der Waals surface area contributed by atoms with Crippen molar-refractivity contribution in [2.24, 2.45) is 0 Å². The van der Waals surface area contributed by atoms with Crippen molar-refractivity contribution < 1.29 is 27.6 Å². The molecule has 0 spiro atoms. The normalized spacial score (nSPS) is 17.8. The van der Waals surface area contributed by atoms with Crippen LogP contribution in [0.25, 0.3) is 0 Å². The van der Waals surface area contributed by atoms with E-state index in [-0.39, 0.29) is 31.0 Å². The van der Waals surface area contributed by atoms with Crippen LogP contribution in [0.2, 0.25) is 0 Å². The molecule has 1 fully saturated rings. The summed E-state index contributed by atoms with van der Waals surface area (Å²) in [7, 11) is -3.10. The molecule has 150 valence electrons. The molecule has 27 heavy (non-hydrogen) atoms. The molecular weight excluding hydrogens is 372 g/mol. The maximum absolute atomic E-state index is 12.5. The molecule has 1 N–H and O–H groups in total. The van der Waals surface area contributed by atoms with Crippen LogP contribution in [0.5, 0.6) is 0 Å². The molecule has 1 aromatic carbocycles. The predicted molar refractivity (Wildman–Crippen MR) is 99.6 cm³/mol. The highest BCUT2D eigenvalue weighted by molar-refractivity contribution is 7.91. The van der Waals surface area contributed by atoms with Crippen LogP contribution in [0, 0.1) is 0 Å². The molecule has 0 unspecified atom stereocenters. The van der Waals surface area contributed by atoms with Gasteiger partial charge in [-0.2, -0.15) is 0 Å². The third-order valence-electron chi connectivity index (χ3n) is 3.87. The van der Waals surface area contributed by atoms with Gasteiger partial charge in [0.05, 0.1) is 11.5 Å². The molecule has 9 heteroatoms. The Balaban J connectivity index is 1.98. The van der Waals surface area contributed by atoms with E-state index in [0.29, 0.717) is 0 Å². The van der Waals surface area contributed by atoms with E-state index in [1.807, 2.05) is 30.3 Å². The quantitative estimate of drug-likeness (QED) is 0.589. The number of nitrogens with one attached hydrogen (secondary N) is 1. The Hall–Kier alpha value is -2.13. The van der Waals surface area contributed by atoms with Crippen molar-refractivity contribution in [3.63, 3.8) is 0 Å². The lowest BCUT2D eigenvalue weighted by Gasteiger charge is -2.27. The summed E-state index contributed by atoms with van der Waals surface area (Å²) in [6.07, 6.45) is -0.441. The fourth-order valence-corrected chi connectivity index (χ4v) is 3.68. The second-order valence-corrected chi connectivity index (χ2v) is 9.70. The second kappa shape index (κ2) is 8.71. The number of sulfone groups is 1. The van der Waals surface area contributed by atoms with E-state index >= 15 is 0 Å². The van der Waals surface area contributed by atoms with Crippen LogP contribution in [0.3, 0.4) is 0 Å². The van der Waals surface area contributed by atoms with Gasteiger partial charge in [0.25, 0.3) is 0 Å². The second-order valence-electron chi connectivity index (χ2n) is 7.40. The minimum Gasteiger partial charge on any atom is -0.459 e. The van der Waals surface area contributed by atoms with E-state index in [9.17, 15) is 18.0 Å². The highest BCUT2D eigenvalue weighted by atomic mass is 32.2. The lowest BCUT2D eigenvalue weighted by molar-refractivity contribution is -0.160. The minimum atomic E-state index is -3.10. The summed E-state index contributed by atoms with van der Waals surface area (Å²) in [5.74, 6) is -0.733. The molecule has 1 aliphatic heterocycles. The Morgan fingerprint density at radius 3 is 2.30 bits per heavy atom.